The third-order valence-corrected chi connectivity index (χ3v) is 7.79. The predicted molar refractivity (Wildman–Crippen MR) is 122 cm³/mol. The van der Waals surface area contributed by atoms with Crippen molar-refractivity contribution in [2.24, 2.45) is 35.1 Å². The van der Waals surface area contributed by atoms with E-state index in [4.69, 9.17) is 11.5 Å². The van der Waals surface area contributed by atoms with Crippen LogP contribution in [0.15, 0.2) is 36.4 Å². The van der Waals surface area contributed by atoms with Gasteiger partial charge < -0.3 is 21.7 Å². The Morgan fingerprint density at radius 2 is 1.74 bits per heavy atom. The van der Waals surface area contributed by atoms with Gasteiger partial charge in [0.1, 0.15) is 5.75 Å². The van der Waals surface area contributed by atoms with E-state index in [0.717, 1.165) is 5.56 Å². The molecule has 2 unspecified atom stereocenters. The number of carbonyl (C=O) groups is 5. The number of nitrogens with two attached hydrogens (primary N) is 2. The Hall–Kier alpha value is -3.69. The number of rotatable bonds is 3. The van der Waals surface area contributed by atoms with Crippen molar-refractivity contribution in [2.45, 2.75) is 31.4 Å². The van der Waals surface area contributed by atoms with E-state index in [1.807, 2.05) is 30.3 Å². The van der Waals surface area contributed by atoms with E-state index in [1.165, 1.54) is 0 Å². The van der Waals surface area contributed by atoms with Crippen molar-refractivity contribution in [1.29, 1.82) is 0 Å². The summed E-state index contributed by atoms with van der Waals surface area (Å²) in [6.45, 7) is -0.0544. The van der Waals surface area contributed by atoms with Crippen LogP contribution in [0.4, 0.5) is 0 Å². The first kappa shape index (κ1) is 23.1. The number of fused-ring (bicyclic) bond motifs is 3. The van der Waals surface area contributed by atoms with Crippen LogP contribution in [-0.4, -0.2) is 44.9 Å². The lowest BCUT2D eigenvalue weighted by molar-refractivity contribution is -0.175. The molecule has 3 aliphatic carbocycles. The molecule has 0 spiro atoms. The monoisotopic (exact) mass is 476 g/mol. The van der Waals surface area contributed by atoms with Gasteiger partial charge in [0, 0.05) is 24.4 Å². The Balaban J connectivity index is 1.66. The molecule has 0 saturated heterocycles. The molecule has 0 bridgehead atoms. The number of primary amides is 1. The number of amides is 1. The minimum Gasteiger partial charge on any atom is -0.507 e. The zero-order chi connectivity index (χ0) is 25.2. The van der Waals surface area contributed by atoms with Gasteiger partial charge in [-0.15, -0.1) is 0 Å². The maximum atomic E-state index is 13.7. The molecule has 3 aliphatic rings. The number of phenolic OH excluding ortho intramolecular Hbond substituents is 1. The summed E-state index contributed by atoms with van der Waals surface area (Å²) in [6, 6.07) is 11.0. The first-order valence-electron chi connectivity index (χ1n) is 11.4. The molecule has 1 amide bonds. The van der Waals surface area contributed by atoms with Crippen molar-refractivity contribution in [1.82, 2.24) is 0 Å². The second-order valence-corrected chi connectivity index (χ2v) is 9.60. The molecule has 2 aromatic rings. The van der Waals surface area contributed by atoms with Gasteiger partial charge in [-0.2, -0.15) is 0 Å². The maximum Gasteiger partial charge on any atom is 0.235 e. The number of hydrogen-bond donors (Lipinski definition) is 4. The van der Waals surface area contributed by atoms with Gasteiger partial charge in [-0.05, 0) is 41.5 Å². The van der Waals surface area contributed by atoms with Crippen LogP contribution in [0.1, 0.15) is 34.3 Å². The number of Topliss-reactive ketones (excluding diaryl/α,β-unsaturated/α-hetero) is 4. The van der Waals surface area contributed by atoms with Gasteiger partial charge in [0.2, 0.25) is 5.91 Å². The highest BCUT2D eigenvalue weighted by Crippen LogP contribution is 2.51. The smallest absolute Gasteiger partial charge is 0.235 e. The van der Waals surface area contributed by atoms with Crippen LogP contribution in [0.5, 0.6) is 5.75 Å². The molecule has 5 atom stereocenters. The van der Waals surface area contributed by atoms with Crippen LogP contribution in [0.25, 0.3) is 11.1 Å². The lowest BCUT2D eigenvalue weighted by Crippen LogP contribution is -2.68. The molecule has 2 saturated carbocycles. The van der Waals surface area contributed by atoms with Crippen molar-refractivity contribution in [3.63, 3.8) is 0 Å². The van der Waals surface area contributed by atoms with Gasteiger partial charge in [0.05, 0.1) is 11.5 Å². The van der Waals surface area contributed by atoms with Crippen LogP contribution in [-0.2, 0) is 32.1 Å². The summed E-state index contributed by atoms with van der Waals surface area (Å²) in [7, 11) is 0. The van der Waals surface area contributed by atoms with Crippen molar-refractivity contribution in [3.05, 3.63) is 53.1 Å². The maximum absolute atomic E-state index is 13.7. The first-order valence-corrected chi connectivity index (χ1v) is 11.4. The fourth-order valence-electron chi connectivity index (χ4n) is 6.12. The Morgan fingerprint density at radius 3 is 2.37 bits per heavy atom. The average Bonchev–Trinajstić information content (AvgIpc) is 2.82. The van der Waals surface area contributed by atoms with Crippen molar-refractivity contribution < 1.29 is 34.2 Å². The highest BCUT2D eigenvalue weighted by atomic mass is 16.3. The molecule has 2 fully saturated rings. The van der Waals surface area contributed by atoms with E-state index in [1.54, 1.807) is 6.07 Å². The summed E-state index contributed by atoms with van der Waals surface area (Å²) >= 11 is 0. The zero-order valence-corrected chi connectivity index (χ0v) is 18.7. The summed E-state index contributed by atoms with van der Waals surface area (Å²) in [6.07, 6.45) is -0.0994. The van der Waals surface area contributed by atoms with Crippen LogP contribution < -0.4 is 11.5 Å². The third kappa shape index (κ3) is 3.11. The fraction of sp³-hybridized carbons (Fsp3) is 0.346. The number of carbonyl (C=O) groups excluding carboxylic acids is 5. The van der Waals surface area contributed by atoms with E-state index < -0.39 is 58.3 Å². The number of aliphatic hydroxyl groups is 1. The van der Waals surface area contributed by atoms with Gasteiger partial charge in [-0.3, -0.25) is 24.0 Å². The molecule has 9 nitrogen and oxygen atoms in total. The number of ketones is 4. The van der Waals surface area contributed by atoms with Crippen LogP contribution in [0.3, 0.4) is 0 Å². The molecule has 9 heteroatoms. The van der Waals surface area contributed by atoms with E-state index in [-0.39, 0.29) is 37.1 Å². The molecule has 0 radical (unpaired) electrons. The minimum absolute atomic E-state index is 0.0470. The Bertz CT molecular complexity index is 1320. The van der Waals surface area contributed by atoms with Gasteiger partial charge in [-0.25, -0.2) is 0 Å². The highest BCUT2D eigenvalue weighted by Gasteiger charge is 2.66. The second kappa shape index (κ2) is 7.93. The molecule has 0 heterocycles. The summed E-state index contributed by atoms with van der Waals surface area (Å²) in [5.74, 6) is -10.3. The number of benzene rings is 2. The summed E-state index contributed by atoms with van der Waals surface area (Å²) in [5.41, 5.74) is 10.7. The molecule has 0 aliphatic heterocycles. The quantitative estimate of drug-likeness (QED) is 0.461. The SMILES string of the molecule is NCc1cc(-c2ccccc2)c2c(c1O)C(=O)C1C(=O)[C@]3(O)C(=O)C(C(N)=O)C(=O)C[C@@H]3C[C@@H]1C2. The zero-order valence-electron chi connectivity index (χ0n) is 18.7. The van der Waals surface area contributed by atoms with Crippen molar-refractivity contribution >= 4 is 29.0 Å². The number of hydrogen-bond acceptors (Lipinski definition) is 8. The Morgan fingerprint density at radius 1 is 1.06 bits per heavy atom. The number of phenols is 1. The molecule has 180 valence electrons. The van der Waals surface area contributed by atoms with E-state index in [9.17, 15) is 34.2 Å². The van der Waals surface area contributed by atoms with Gasteiger partial charge in [0.15, 0.2) is 34.7 Å². The lowest BCUT2D eigenvalue weighted by Gasteiger charge is -2.48. The van der Waals surface area contributed by atoms with Gasteiger partial charge >= 0.3 is 0 Å². The molecule has 2 aromatic carbocycles. The molecule has 35 heavy (non-hydrogen) atoms. The number of aromatic hydroxyl groups is 1. The highest BCUT2D eigenvalue weighted by molar-refractivity contribution is 6.31. The van der Waals surface area contributed by atoms with E-state index >= 15 is 0 Å². The topological polar surface area (TPSA) is 178 Å². The lowest BCUT2D eigenvalue weighted by atomic mass is 9.53. The average molecular weight is 476 g/mol. The summed E-state index contributed by atoms with van der Waals surface area (Å²) < 4.78 is 0. The van der Waals surface area contributed by atoms with Crippen molar-refractivity contribution in [3.8, 4) is 16.9 Å². The van der Waals surface area contributed by atoms with Crippen LogP contribution >= 0.6 is 0 Å². The van der Waals surface area contributed by atoms with Gasteiger partial charge in [-0.1, -0.05) is 30.3 Å². The molecular formula is C26H24N2O7. The molecule has 0 aromatic heterocycles. The van der Waals surface area contributed by atoms with Crippen molar-refractivity contribution in [2.75, 3.05) is 0 Å². The Kier molecular flexibility index (Phi) is 5.23. The summed E-state index contributed by atoms with van der Waals surface area (Å²) in [4.78, 5) is 64.5. The van der Waals surface area contributed by atoms with Crippen LogP contribution in [0, 0.1) is 23.7 Å². The summed E-state index contributed by atoms with van der Waals surface area (Å²) in [5, 5.41) is 22.2. The molecule has 5 rings (SSSR count). The largest absolute Gasteiger partial charge is 0.507 e. The predicted octanol–water partition coefficient (Wildman–Crippen LogP) is 0.453. The van der Waals surface area contributed by atoms with E-state index in [2.05, 4.69) is 0 Å². The molecular weight excluding hydrogens is 452 g/mol. The van der Waals surface area contributed by atoms with Gasteiger partial charge in [0.25, 0.3) is 0 Å². The molecule has 6 N–H and O–H groups in total. The fourth-order valence-corrected chi connectivity index (χ4v) is 6.12. The third-order valence-electron chi connectivity index (χ3n) is 7.79. The van der Waals surface area contributed by atoms with E-state index in [0.29, 0.717) is 16.7 Å². The normalized spacial score (nSPS) is 29.9. The standard InChI is InChI=1S/C26H24N2O7/c27-10-13-8-15(11-4-2-1-3-5-11)16-7-12-6-14-9-17(29)20(25(28)34)24(33)26(14,35)23(32)18(12)22(31)19(16)21(13)30/h1-5,8,12,14,18,20,30,35H,6-7,9-10,27H2,(H2,28,34)/t12-,14+,18?,20?,26+/m1/s1. The van der Waals surface area contributed by atoms with Crippen LogP contribution in [0.2, 0.25) is 0 Å². The Labute approximate surface area is 200 Å². The first-order chi connectivity index (χ1) is 16.6. The second-order valence-electron chi connectivity index (χ2n) is 9.60. The minimum atomic E-state index is -2.66.